The molecule has 0 aliphatic rings. The number of rotatable bonds is 9. The van der Waals surface area contributed by atoms with Crippen LogP contribution in [0.5, 0.6) is 11.5 Å². The van der Waals surface area contributed by atoms with Gasteiger partial charge in [0.2, 0.25) is 0 Å². The summed E-state index contributed by atoms with van der Waals surface area (Å²) in [6.45, 7) is -0.864. The third kappa shape index (κ3) is 5.81. The molecule has 0 saturated carbocycles. The van der Waals surface area contributed by atoms with Gasteiger partial charge in [-0.2, -0.15) is 0 Å². The van der Waals surface area contributed by atoms with Gasteiger partial charge in [0.15, 0.2) is 17.6 Å². The lowest BCUT2D eigenvalue weighted by atomic mass is 9.99. The molecule has 0 aliphatic heterocycles. The van der Waals surface area contributed by atoms with Gasteiger partial charge >= 0.3 is 0 Å². The largest absolute Gasteiger partial charge is 0.504 e. The molecule has 142 valence electrons. The summed E-state index contributed by atoms with van der Waals surface area (Å²) in [4.78, 5) is 11.7. The van der Waals surface area contributed by atoms with Gasteiger partial charge in [0.1, 0.15) is 24.4 Å². The van der Waals surface area contributed by atoms with Crippen LogP contribution in [0.15, 0.2) is 18.2 Å². The quantitative estimate of drug-likeness (QED) is 0.201. The van der Waals surface area contributed by atoms with Crippen molar-refractivity contribution < 1.29 is 45.6 Å². The molecule has 0 saturated heterocycles. The van der Waals surface area contributed by atoms with E-state index in [4.69, 9.17) is 5.11 Å². The number of aliphatic hydroxyl groups excluding tert-OH is 6. The molecule has 5 atom stereocenters. The molecule has 9 N–H and O–H groups in total. The van der Waals surface area contributed by atoms with Crippen molar-refractivity contribution in [3.05, 3.63) is 23.8 Å². The van der Waals surface area contributed by atoms with Crippen LogP contribution in [-0.4, -0.2) is 90.4 Å². The van der Waals surface area contributed by atoms with Gasteiger partial charge in [0.05, 0.1) is 6.61 Å². The molecule has 25 heavy (non-hydrogen) atoms. The second-order valence-electron chi connectivity index (χ2n) is 5.53. The number of aliphatic hydroxyl groups is 6. The number of nitrogens with one attached hydrogen (secondary N) is 1. The van der Waals surface area contributed by atoms with E-state index in [1.807, 2.05) is 0 Å². The van der Waals surface area contributed by atoms with Crippen molar-refractivity contribution >= 4 is 5.91 Å². The molecule has 1 aromatic carbocycles. The maximum atomic E-state index is 11.7. The summed E-state index contributed by atoms with van der Waals surface area (Å²) in [5.41, 5.74) is 0.590. The predicted octanol–water partition coefficient (Wildman–Crippen LogP) is -3.45. The Morgan fingerprint density at radius 2 is 1.60 bits per heavy atom. The number of phenols is 2. The Labute approximate surface area is 143 Å². The van der Waals surface area contributed by atoms with Crippen molar-refractivity contribution in [2.75, 3.05) is 13.2 Å². The van der Waals surface area contributed by atoms with Gasteiger partial charge in [0, 0.05) is 6.54 Å². The SMILES string of the molecule is O=C(NCCc1ccc(O)c(O)c1)[C@H](O)[C@H](O)[C@@H](O)[C@H](O)[C@H](O)CO. The summed E-state index contributed by atoms with van der Waals surface area (Å²) in [6.07, 6.45) is -9.68. The molecule has 0 fully saturated rings. The lowest BCUT2D eigenvalue weighted by Gasteiger charge is -2.27. The summed E-state index contributed by atoms with van der Waals surface area (Å²) in [7, 11) is 0. The van der Waals surface area contributed by atoms with Gasteiger partial charge in [-0.25, -0.2) is 0 Å². The van der Waals surface area contributed by atoms with E-state index >= 15 is 0 Å². The zero-order valence-corrected chi connectivity index (χ0v) is 13.2. The number of aromatic hydroxyl groups is 2. The Hall–Kier alpha value is -1.95. The molecule has 1 amide bonds. The molecule has 0 aliphatic carbocycles. The minimum Gasteiger partial charge on any atom is -0.504 e. The number of hydrogen-bond donors (Lipinski definition) is 9. The third-order valence-corrected chi connectivity index (χ3v) is 3.63. The Bertz CT molecular complexity index is 568. The standard InChI is InChI=1S/C15H23NO9/c17-6-10(20)11(21)12(22)13(23)14(24)15(25)16-4-3-7-1-2-8(18)9(19)5-7/h1-2,5,10-14,17-24H,3-4,6H2,(H,16,25)/t10-,11-,12+,13-,14-/m1/s1. The molecule has 0 bridgehead atoms. The van der Waals surface area contributed by atoms with Crippen molar-refractivity contribution in [2.24, 2.45) is 0 Å². The Morgan fingerprint density at radius 3 is 2.16 bits per heavy atom. The van der Waals surface area contributed by atoms with Crippen molar-refractivity contribution in [2.45, 2.75) is 36.9 Å². The molecule has 0 spiro atoms. The summed E-state index contributed by atoms with van der Waals surface area (Å²) in [5.74, 6) is -1.64. The number of phenolic OH excluding ortho intramolecular Hbond substituents is 2. The van der Waals surface area contributed by atoms with Crippen LogP contribution in [-0.2, 0) is 11.2 Å². The molecule has 0 heterocycles. The van der Waals surface area contributed by atoms with Crippen LogP contribution in [0.25, 0.3) is 0 Å². The molecule has 1 rings (SSSR count). The molecule has 10 nitrogen and oxygen atoms in total. The highest BCUT2D eigenvalue weighted by Crippen LogP contribution is 2.24. The Kier molecular flexibility index (Phi) is 8.03. The highest BCUT2D eigenvalue weighted by atomic mass is 16.4. The monoisotopic (exact) mass is 361 g/mol. The fraction of sp³-hybridized carbons (Fsp3) is 0.533. The van der Waals surface area contributed by atoms with E-state index in [0.717, 1.165) is 0 Å². The van der Waals surface area contributed by atoms with E-state index in [-0.39, 0.29) is 24.5 Å². The fourth-order valence-electron chi connectivity index (χ4n) is 2.04. The Morgan fingerprint density at radius 1 is 0.960 bits per heavy atom. The fourth-order valence-corrected chi connectivity index (χ4v) is 2.04. The van der Waals surface area contributed by atoms with Crippen LogP contribution >= 0.6 is 0 Å². The maximum absolute atomic E-state index is 11.7. The lowest BCUT2D eigenvalue weighted by Crippen LogP contribution is -2.54. The molecular formula is C15H23NO9. The van der Waals surface area contributed by atoms with E-state index in [1.54, 1.807) is 0 Å². The summed E-state index contributed by atoms with van der Waals surface area (Å²) in [6, 6.07) is 4.08. The third-order valence-electron chi connectivity index (χ3n) is 3.63. The average Bonchev–Trinajstić information content (AvgIpc) is 2.61. The first-order valence-electron chi connectivity index (χ1n) is 7.48. The molecule has 0 unspecified atom stereocenters. The van der Waals surface area contributed by atoms with Crippen molar-refractivity contribution in [1.29, 1.82) is 0 Å². The van der Waals surface area contributed by atoms with Gasteiger partial charge in [-0.05, 0) is 24.1 Å². The number of hydrogen-bond acceptors (Lipinski definition) is 9. The first-order chi connectivity index (χ1) is 11.7. The van der Waals surface area contributed by atoms with Gasteiger partial charge in [-0.1, -0.05) is 6.07 Å². The summed E-state index contributed by atoms with van der Waals surface area (Å²) < 4.78 is 0. The minimum atomic E-state index is -2.09. The van der Waals surface area contributed by atoms with Crippen molar-refractivity contribution in [1.82, 2.24) is 5.32 Å². The molecular weight excluding hydrogens is 338 g/mol. The molecule has 1 aromatic rings. The van der Waals surface area contributed by atoms with Crippen LogP contribution in [0.4, 0.5) is 0 Å². The normalized spacial score (nSPS) is 17.4. The summed E-state index contributed by atoms with van der Waals surface area (Å²) >= 11 is 0. The van der Waals surface area contributed by atoms with Gasteiger partial charge in [-0.3, -0.25) is 4.79 Å². The topological polar surface area (TPSA) is 191 Å². The van der Waals surface area contributed by atoms with E-state index in [2.05, 4.69) is 5.32 Å². The second-order valence-corrected chi connectivity index (χ2v) is 5.53. The van der Waals surface area contributed by atoms with Crippen LogP contribution in [0, 0.1) is 0 Å². The maximum Gasteiger partial charge on any atom is 0.251 e. The number of benzene rings is 1. The summed E-state index contributed by atoms with van der Waals surface area (Å²) in [5, 5.41) is 77.1. The Balaban J connectivity index is 2.51. The minimum absolute atomic E-state index is 0.0186. The van der Waals surface area contributed by atoms with E-state index in [9.17, 15) is 40.5 Å². The average molecular weight is 361 g/mol. The van der Waals surface area contributed by atoms with E-state index < -0.39 is 43.0 Å². The van der Waals surface area contributed by atoms with Crippen LogP contribution in [0.1, 0.15) is 5.56 Å². The number of carbonyl (C=O) groups is 1. The first-order valence-corrected chi connectivity index (χ1v) is 7.48. The first kappa shape index (κ1) is 21.1. The zero-order valence-electron chi connectivity index (χ0n) is 13.2. The highest BCUT2D eigenvalue weighted by molar-refractivity contribution is 5.81. The van der Waals surface area contributed by atoms with Crippen molar-refractivity contribution in [3.8, 4) is 11.5 Å². The van der Waals surface area contributed by atoms with Gasteiger partial charge in [-0.15, -0.1) is 0 Å². The van der Waals surface area contributed by atoms with Crippen LogP contribution in [0.3, 0.4) is 0 Å². The smallest absolute Gasteiger partial charge is 0.251 e. The van der Waals surface area contributed by atoms with Crippen LogP contribution < -0.4 is 5.32 Å². The van der Waals surface area contributed by atoms with Gasteiger partial charge < -0.3 is 46.2 Å². The highest BCUT2D eigenvalue weighted by Gasteiger charge is 2.36. The molecule has 0 radical (unpaired) electrons. The second kappa shape index (κ2) is 9.51. The van der Waals surface area contributed by atoms with Gasteiger partial charge in [0.25, 0.3) is 5.91 Å². The predicted molar refractivity (Wildman–Crippen MR) is 83.6 cm³/mol. The number of carbonyl (C=O) groups excluding carboxylic acids is 1. The van der Waals surface area contributed by atoms with Crippen molar-refractivity contribution in [3.63, 3.8) is 0 Å². The number of amides is 1. The zero-order chi connectivity index (χ0) is 19.1. The lowest BCUT2D eigenvalue weighted by molar-refractivity contribution is -0.156. The van der Waals surface area contributed by atoms with E-state index in [0.29, 0.717) is 5.56 Å². The van der Waals surface area contributed by atoms with E-state index in [1.165, 1.54) is 18.2 Å². The van der Waals surface area contributed by atoms with Crippen LogP contribution in [0.2, 0.25) is 0 Å². The molecule has 0 aromatic heterocycles. The molecule has 10 heteroatoms.